The van der Waals surface area contributed by atoms with Gasteiger partial charge in [-0.3, -0.25) is 4.99 Å². The van der Waals surface area contributed by atoms with Crippen molar-refractivity contribution in [2.75, 3.05) is 38.7 Å². The predicted molar refractivity (Wildman–Crippen MR) is 133 cm³/mol. The van der Waals surface area contributed by atoms with Gasteiger partial charge in [0.15, 0.2) is 5.96 Å². The Bertz CT molecular complexity index is 810. The molecule has 1 aliphatic rings. The summed E-state index contributed by atoms with van der Waals surface area (Å²) in [6.07, 6.45) is 3.25. The van der Waals surface area contributed by atoms with E-state index in [-0.39, 0.29) is 24.0 Å². The number of methoxy groups -OCH3 is 1. The van der Waals surface area contributed by atoms with Crippen molar-refractivity contribution in [1.29, 1.82) is 0 Å². The number of anilines is 1. The molecular formula is C21H32IN5OS. The van der Waals surface area contributed by atoms with Gasteiger partial charge >= 0.3 is 0 Å². The fraction of sp³-hybridized carbons (Fsp3) is 0.524. The van der Waals surface area contributed by atoms with Crippen molar-refractivity contribution in [3.63, 3.8) is 0 Å². The first kappa shape index (κ1) is 23.7. The van der Waals surface area contributed by atoms with Gasteiger partial charge < -0.3 is 20.3 Å². The van der Waals surface area contributed by atoms with E-state index in [0.717, 1.165) is 67.0 Å². The van der Waals surface area contributed by atoms with Gasteiger partial charge in [0.25, 0.3) is 0 Å². The van der Waals surface area contributed by atoms with E-state index < -0.39 is 0 Å². The third-order valence-electron chi connectivity index (χ3n) is 5.06. The average Bonchev–Trinajstić information content (AvgIpc) is 3.04. The molecule has 1 unspecified atom stereocenters. The molecule has 2 N–H and O–H groups in total. The van der Waals surface area contributed by atoms with Crippen LogP contribution in [0.4, 0.5) is 5.69 Å². The molecule has 29 heavy (non-hydrogen) atoms. The zero-order valence-corrected chi connectivity index (χ0v) is 20.8. The third kappa shape index (κ3) is 6.47. The van der Waals surface area contributed by atoms with Gasteiger partial charge in [0, 0.05) is 44.0 Å². The number of thiazole rings is 1. The molecule has 1 aromatic carbocycles. The molecule has 160 valence electrons. The number of rotatable bonds is 6. The van der Waals surface area contributed by atoms with Gasteiger partial charge in [-0.05, 0) is 38.8 Å². The maximum absolute atomic E-state index is 5.54. The van der Waals surface area contributed by atoms with E-state index in [1.807, 2.05) is 19.2 Å². The van der Waals surface area contributed by atoms with Crippen molar-refractivity contribution in [2.24, 2.45) is 4.99 Å². The number of hydrogen-bond donors (Lipinski definition) is 2. The second kappa shape index (κ2) is 11.6. The highest BCUT2D eigenvalue weighted by Crippen LogP contribution is 2.29. The summed E-state index contributed by atoms with van der Waals surface area (Å²) in [5, 5.41) is 8.18. The van der Waals surface area contributed by atoms with Gasteiger partial charge in [0.05, 0.1) is 23.5 Å². The molecule has 0 bridgehead atoms. The molecule has 2 aromatic rings. The predicted octanol–water partition coefficient (Wildman–Crippen LogP) is 3.76. The van der Waals surface area contributed by atoms with Gasteiger partial charge in [-0.2, -0.15) is 0 Å². The molecule has 1 fully saturated rings. The number of aromatic nitrogens is 1. The fourth-order valence-corrected chi connectivity index (χ4v) is 4.63. The molecule has 1 aromatic heterocycles. The Morgan fingerprint density at radius 3 is 2.83 bits per heavy atom. The maximum atomic E-state index is 5.54. The summed E-state index contributed by atoms with van der Waals surface area (Å²) >= 11 is 1.78. The minimum absolute atomic E-state index is 0. The highest BCUT2D eigenvalue weighted by Gasteiger charge is 2.22. The number of nitrogens with zero attached hydrogens (tertiary/aromatic N) is 3. The third-order valence-corrected chi connectivity index (χ3v) is 6.19. The lowest BCUT2D eigenvalue weighted by Gasteiger charge is -2.36. The molecule has 1 aliphatic heterocycles. The lowest BCUT2D eigenvalue weighted by atomic mass is 10.0. The summed E-state index contributed by atoms with van der Waals surface area (Å²) in [4.78, 5) is 12.7. The first-order valence-corrected chi connectivity index (χ1v) is 10.7. The fourth-order valence-electron chi connectivity index (χ4n) is 3.69. The molecule has 1 saturated heterocycles. The molecule has 0 radical (unpaired) electrons. The van der Waals surface area contributed by atoms with Crippen molar-refractivity contribution in [3.05, 3.63) is 39.8 Å². The molecule has 2 heterocycles. The molecular weight excluding hydrogens is 497 g/mol. The number of aryl methyl sites for hydroxylation is 2. The lowest BCUT2D eigenvalue weighted by molar-refractivity contribution is 0.408. The zero-order chi connectivity index (χ0) is 19.9. The van der Waals surface area contributed by atoms with Crippen LogP contribution in [0.5, 0.6) is 5.75 Å². The summed E-state index contributed by atoms with van der Waals surface area (Å²) in [6.45, 7) is 6.99. The first-order chi connectivity index (χ1) is 13.6. The Labute approximate surface area is 195 Å². The zero-order valence-electron chi connectivity index (χ0n) is 17.7. The van der Waals surface area contributed by atoms with Gasteiger partial charge in [-0.15, -0.1) is 35.3 Å². The highest BCUT2D eigenvalue weighted by molar-refractivity contribution is 14.0. The van der Waals surface area contributed by atoms with E-state index in [1.165, 1.54) is 4.88 Å². The normalized spacial score (nSPS) is 16.9. The number of guanidine groups is 1. The van der Waals surface area contributed by atoms with Gasteiger partial charge in [-0.1, -0.05) is 12.1 Å². The van der Waals surface area contributed by atoms with E-state index in [9.17, 15) is 0 Å². The quantitative estimate of drug-likeness (QED) is 0.339. The SMILES string of the molecule is CN=C(NCCc1sc(C)nc1C)NC1CCCN(c2ccccc2OC)C1.I. The van der Waals surface area contributed by atoms with Crippen molar-refractivity contribution >= 4 is 47.0 Å². The Hall–Kier alpha value is -1.55. The van der Waals surface area contributed by atoms with Crippen LogP contribution < -0.4 is 20.3 Å². The Morgan fingerprint density at radius 2 is 2.14 bits per heavy atom. The number of halogens is 1. The molecule has 3 rings (SSSR count). The Morgan fingerprint density at radius 1 is 1.34 bits per heavy atom. The van der Waals surface area contributed by atoms with Gasteiger partial charge in [0.2, 0.25) is 0 Å². The monoisotopic (exact) mass is 529 g/mol. The van der Waals surface area contributed by atoms with Crippen LogP contribution >= 0.6 is 35.3 Å². The topological polar surface area (TPSA) is 61.8 Å². The molecule has 0 spiro atoms. The summed E-state index contributed by atoms with van der Waals surface area (Å²) in [5.41, 5.74) is 2.31. The van der Waals surface area contributed by atoms with E-state index in [1.54, 1.807) is 18.4 Å². The molecule has 8 heteroatoms. The number of ether oxygens (including phenoxy) is 1. The van der Waals surface area contributed by atoms with Crippen LogP contribution in [0.1, 0.15) is 28.4 Å². The van der Waals surface area contributed by atoms with E-state index in [4.69, 9.17) is 4.74 Å². The van der Waals surface area contributed by atoms with Crippen LogP contribution in [0.3, 0.4) is 0 Å². The molecule has 1 atom stereocenters. The summed E-state index contributed by atoms with van der Waals surface area (Å²) in [7, 11) is 3.56. The van der Waals surface area contributed by atoms with Crippen molar-refractivity contribution in [3.8, 4) is 5.75 Å². The smallest absolute Gasteiger partial charge is 0.191 e. The minimum atomic E-state index is 0. The summed E-state index contributed by atoms with van der Waals surface area (Å²) in [5.74, 6) is 1.80. The van der Waals surface area contributed by atoms with Crippen molar-refractivity contribution in [1.82, 2.24) is 15.6 Å². The lowest BCUT2D eigenvalue weighted by Crippen LogP contribution is -2.51. The van der Waals surface area contributed by atoms with Crippen LogP contribution in [-0.4, -0.2) is 50.8 Å². The largest absolute Gasteiger partial charge is 0.495 e. The number of aliphatic imine (C=N–C) groups is 1. The molecule has 0 saturated carbocycles. The second-order valence-corrected chi connectivity index (χ2v) is 8.38. The maximum Gasteiger partial charge on any atom is 0.191 e. The number of para-hydroxylation sites is 2. The number of piperidine rings is 1. The Kier molecular flexibility index (Phi) is 9.48. The minimum Gasteiger partial charge on any atom is -0.495 e. The second-order valence-electron chi connectivity index (χ2n) is 7.09. The highest BCUT2D eigenvalue weighted by atomic mass is 127. The van der Waals surface area contributed by atoms with Crippen LogP contribution in [0.25, 0.3) is 0 Å². The Balaban J connectivity index is 0.00000300. The van der Waals surface area contributed by atoms with Crippen molar-refractivity contribution < 1.29 is 4.74 Å². The standard InChI is InChI=1S/C21H31N5OS.HI/c1-15-20(28-16(2)24-15)11-12-23-21(22-3)25-17-8-7-13-26(14-17)18-9-5-6-10-19(18)27-4;/h5-6,9-10,17H,7-8,11-14H2,1-4H3,(H2,22,23,25);1H. The molecule has 6 nitrogen and oxygen atoms in total. The van der Waals surface area contributed by atoms with E-state index in [0.29, 0.717) is 6.04 Å². The molecule has 0 amide bonds. The average molecular weight is 529 g/mol. The van der Waals surface area contributed by atoms with Crippen LogP contribution in [0.2, 0.25) is 0 Å². The van der Waals surface area contributed by atoms with Gasteiger partial charge in [0.1, 0.15) is 5.75 Å². The van der Waals surface area contributed by atoms with E-state index in [2.05, 4.69) is 51.5 Å². The van der Waals surface area contributed by atoms with Gasteiger partial charge in [-0.25, -0.2) is 4.98 Å². The molecule has 0 aliphatic carbocycles. The number of hydrogen-bond acceptors (Lipinski definition) is 5. The summed E-state index contributed by atoms with van der Waals surface area (Å²) in [6, 6.07) is 8.60. The number of nitrogens with one attached hydrogen (secondary N) is 2. The first-order valence-electron chi connectivity index (χ1n) is 9.88. The van der Waals surface area contributed by atoms with E-state index >= 15 is 0 Å². The van der Waals surface area contributed by atoms with Crippen LogP contribution in [0, 0.1) is 13.8 Å². The summed E-state index contributed by atoms with van der Waals surface area (Å²) < 4.78 is 5.54. The van der Waals surface area contributed by atoms with Crippen LogP contribution in [0.15, 0.2) is 29.3 Å². The number of benzene rings is 1. The van der Waals surface area contributed by atoms with Crippen LogP contribution in [-0.2, 0) is 6.42 Å². The van der Waals surface area contributed by atoms with Crippen molar-refractivity contribution in [2.45, 2.75) is 39.2 Å².